The topological polar surface area (TPSA) is 80.7 Å². The fourth-order valence-corrected chi connectivity index (χ4v) is 3.08. The van der Waals surface area contributed by atoms with Crippen molar-refractivity contribution in [1.29, 1.82) is 0 Å². The van der Waals surface area contributed by atoms with Gasteiger partial charge in [0.25, 0.3) is 0 Å². The molecular weight excluding hydrogens is 316 g/mol. The first-order valence-electron chi connectivity index (χ1n) is 8.57. The normalized spacial score (nSPS) is 15.6. The molecular formula is C18H22N6O. The summed E-state index contributed by atoms with van der Waals surface area (Å²) in [7, 11) is 0. The molecule has 0 unspecified atom stereocenters. The average Bonchev–Trinajstić information content (AvgIpc) is 3.05. The maximum Gasteiger partial charge on any atom is 0.165 e. The molecule has 25 heavy (non-hydrogen) atoms. The van der Waals surface area contributed by atoms with Gasteiger partial charge in [0.05, 0.1) is 6.20 Å². The second kappa shape index (κ2) is 7.08. The standard InChI is InChI=1S/C18H22N6O/c19-5-8-23-9-6-20-17-4-7-24-18(22-17)16(13-21-24)14-2-1-3-15(12-14)25-11-10-23/h1-4,7,12-13H,5-6,8-11,19H2,(H,20,22). The molecule has 3 heterocycles. The lowest BCUT2D eigenvalue weighted by Crippen LogP contribution is -2.36. The molecule has 7 nitrogen and oxygen atoms in total. The predicted molar refractivity (Wildman–Crippen MR) is 97.9 cm³/mol. The molecule has 4 bridgehead atoms. The Hall–Kier alpha value is -2.64. The molecule has 4 rings (SSSR count). The molecule has 0 radical (unpaired) electrons. The lowest BCUT2D eigenvalue weighted by atomic mass is 10.1. The minimum Gasteiger partial charge on any atom is -0.492 e. The van der Waals surface area contributed by atoms with Gasteiger partial charge in [-0.25, -0.2) is 9.50 Å². The summed E-state index contributed by atoms with van der Waals surface area (Å²) in [6.07, 6.45) is 3.78. The zero-order valence-electron chi connectivity index (χ0n) is 14.1. The highest BCUT2D eigenvalue weighted by molar-refractivity contribution is 5.78. The van der Waals surface area contributed by atoms with Gasteiger partial charge < -0.3 is 15.8 Å². The van der Waals surface area contributed by atoms with Gasteiger partial charge in [-0.3, -0.25) is 4.90 Å². The van der Waals surface area contributed by atoms with E-state index in [0.717, 1.165) is 54.5 Å². The third kappa shape index (κ3) is 3.42. The van der Waals surface area contributed by atoms with Crippen LogP contribution in [-0.2, 0) is 0 Å². The fraction of sp³-hybridized carbons (Fsp3) is 0.333. The van der Waals surface area contributed by atoms with Crippen LogP contribution in [0.3, 0.4) is 0 Å². The number of hydrogen-bond donors (Lipinski definition) is 2. The van der Waals surface area contributed by atoms with Gasteiger partial charge >= 0.3 is 0 Å². The minimum absolute atomic E-state index is 0.635. The molecule has 3 N–H and O–H groups in total. The molecule has 0 amide bonds. The third-order valence-corrected chi connectivity index (χ3v) is 4.37. The number of nitrogens with two attached hydrogens (primary N) is 1. The maximum absolute atomic E-state index is 5.94. The zero-order chi connectivity index (χ0) is 17.1. The van der Waals surface area contributed by atoms with Crippen molar-refractivity contribution in [2.45, 2.75) is 0 Å². The Morgan fingerprint density at radius 2 is 2.20 bits per heavy atom. The van der Waals surface area contributed by atoms with E-state index < -0.39 is 0 Å². The number of hydrogen-bond acceptors (Lipinski definition) is 6. The van der Waals surface area contributed by atoms with Crippen LogP contribution in [0.4, 0.5) is 5.82 Å². The van der Waals surface area contributed by atoms with Crippen LogP contribution in [0.5, 0.6) is 5.75 Å². The Balaban J connectivity index is 1.73. The van der Waals surface area contributed by atoms with Gasteiger partial charge in [-0.2, -0.15) is 5.10 Å². The van der Waals surface area contributed by atoms with Gasteiger partial charge in [0.1, 0.15) is 18.2 Å². The summed E-state index contributed by atoms with van der Waals surface area (Å²) in [5, 5.41) is 7.80. The fourth-order valence-electron chi connectivity index (χ4n) is 3.08. The second-order valence-corrected chi connectivity index (χ2v) is 6.07. The highest BCUT2D eigenvalue weighted by Crippen LogP contribution is 2.27. The number of benzene rings is 1. The van der Waals surface area contributed by atoms with Crippen molar-refractivity contribution < 1.29 is 4.74 Å². The minimum atomic E-state index is 0.635. The molecule has 0 fully saturated rings. The molecule has 130 valence electrons. The van der Waals surface area contributed by atoms with E-state index in [2.05, 4.69) is 21.4 Å². The summed E-state index contributed by atoms with van der Waals surface area (Å²) in [5.74, 6) is 1.71. The summed E-state index contributed by atoms with van der Waals surface area (Å²) < 4.78 is 7.74. The number of nitrogens with one attached hydrogen (secondary N) is 1. The average molecular weight is 338 g/mol. The molecule has 1 aliphatic rings. The van der Waals surface area contributed by atoms with E-state index in [9.17, 15) is 0 Å². The molecule has 0 aliphatic carbocycles. The lowest BCUT2D eigenvalue weighted by molar-refractivity contribution is 0.217. The largest absolute Gasteiger partial charge is 0.492 e. The van der Waals surface area contributed by atoms with Crippen LogP contribution in [0.15, 0.2) is 42.7 Å². The first kappa shape index (κ1) is 15.9. The van der Waals surface area contributed by atoms with Crippen molar-refractivity contribution in [3.8, 4) is 16.9 Å². The summed E-state index contributed by atoms with van der Waals surface area (Å²) in [6, 6.07) is 10.0. The number of nitrogens with zero attached hydrogens (tertiary/aromatic N) is 4. The number of fused-ring (bicyclic) bond motifs is 4. The third-order valence-electron chi connectivity index (χ3n) is 4.37. The SMILES string of the molecule is NCCN1CCNc2ccn3ncc(c3n2)-c2cccc(c2)OCC1. The number of anilines is 1. The van der Waals surface area contributed by atoms with Crippen LogP contribution in [0, 0.1) is 0 Å². The van der Waals surface area contributed by atoms with Crippen molar-refractivity contribution in [3.63, 3.8) is 0 Å². The molecule has 0 atom stereocenters. The van der Waals surface area contributed by atoms with Crippen LogP contribution >= 0.6 is 0 Å². The smallest absolute Gasteiger partial charge is 0.165 e. The summed E-state index contributed by atoms with van der Waals surface area (Å²) in [4.78, 5) is 7.03. The first-order valence-corrected chi connectivity index (χ1v) is 8.57. The number of ether oxygens (including phenoxy) is 1. The molecule has 0 spiro atoms. The Labute approximate surface area is 146 Å². The molecule has 0 saturated heterocycles. The summed E-state index contributed by atoms with van der Waals surface area (Å²) in [6.45, 7) is 4.66. The van der Waals surface area contributed by atoms with E-state index in [-0.39, 0.29) is 0 Å². The van der Waals surface area contributed by atoms with E-state index >= 15 is 0 Å². The first-order chi connectivity index (χ1) is 12.3. The van der Waals surface area contributed by atoms with Crippen molar-refractivity contribution in [1.82, 2.24) is 19.5 Å². The zero-order valence-corrected chi connectivity index (χ0v) is 14.1. The van der Waals surface area contributed by atoms with Gasteiger partial charge in [0.15, 0.2) is 5.65 Å². The molecule has 1 aliphatic heterocycles. The molecule has 1 aromatic carbocycles. The van der Waals surface area contributed by atoms with Gasteiger partial charge in [0, 0.05) is 44.5 Å². The molecule has 3 aromatic rings. The van der Waals surface area contributed by atoms with Gasteiger partial charge in [-0.1, -0.05) is 12.1 Å². The molecule has 7 heteroatoms. The van der Waals surface area contributed by atoms with E-state index in [1.807, 2.05) is 36.7 Å². The van der Waals surface area contributed by atoms with Crippen molar-refractivity contribution >= 4 is 11.5 Å². The van der Waals surface area contributed by atoms with Gasteiger partial charge in [-0.15, -0.1) is 0 Å². The van der Waals surface area contributed by atoms with Crippen LogP contribution < -0.4 is 15.8 Å². The van der Waals surface area contributed by atoms with Crippen LogP contribution in [0.25, 0.3) is 16.8 Å². The van der Waals surface area contributed by atoms with Crippen LogP contribution in [0.2, 0.25) is 0 Å². The summed E-state index contributed by atoms with van der Waals surface area (Å²) >= 11 is 0. The Bertz CT molecular complexity index is 862. The van der Waals surface area contributed by atoms with Crippen molar-refractivity contribution in [2.24, 2.45) is 5.73 Å². The lowest BCUT2D eigenvalue weighted by Gasteiger charge is -2.22. The van der Waals surface area contributed by atoms with Crippen LogP contribution in [-0.4, -0.2) is 58.8 Å². The van der Waals surface area contributed by atoms with Crippen molar-refractivity contribution in [3.05, 3.63) is 42.7 Å². The maximum atomic E-state index is 5.94. The summed E-state index contributed by atoms with van der Waals surface area (Å²) in [5.41, 5.74) is 8.60. The second-order valence-electron chi connectivity index (χ2n) is 6.07. The monoisotopic (exact) mass is 338 g/mol. The Morgan fingerprint density at radius 1 is 1.24 bits per heavy atom. The molecule has 2 aromatic heterocycles. The van der Waals surface area contributed by atoms with E-state index in [4.69, 9.17) is 15.5 Å². The van der Waals surface area contributed by atoms with E-state index in [0.29, 0.717) is 13.2 Å². The van der Waals surface area contributed by atoms with E-state index in [1.165, 1.54) is 0 Å². The van der Waals surface area contributed by atoms with Gasteiger partial charge in [0.2, 0.25) is 0 Å². The highest BCUT2D eigenvalue weighted by atomic mass is 16.5. The Morgan fingerprint density at radius 3 is 3.12 bits per heavy atom. The number of aromatic nitrogens is 3. The predicted octanol–water partition coefficient (Wildman–Crippen LogP) is 1.46. The Kier molecular flexibility index (Phi) is 4.49. The quantitative estimate of drug-likeness (QED) is 0.736. The van der Waals surface area contributed by atoms with E-state index in [1.54, 1.807) is 4.52 Å². The van der Waals surface area contributed by atoms with Crippen LogP contribution in [0.1, 0.15) is 0 Å². The molecule has 0 saturated carbocycles. The van der Waals surface area contributed by atoms with Crippen molar-refractivity contribution in [2.75, 3.05) is 44.6 Å². The van der Waals surface area contributed by atoms with Gasteiger partial charge in [-0.05, 0) is 23.8 Å². The highest BCUT2D eigenvalue weighted by Gasteiger charge is 2.11. The number of rotatable bonds is 2.